The van der Waals surface area contributed by atoms with Crippen LogP contribution in [-0.2, 0) is 11.8 Å². The van der Waals surface area contributed by atoms with Crippen molar-refractivity contribution in [2.24, 2.45) is 13.0 Å². The summed E-state index contributed by atoms with van der Waals surface area (Å²) in [5.74, 6) is 1.31. The second-order valence-electron chi connectivity index (χ2n) is 5.84. The molecule has 1 aliphatic heterocycles. The molecule has 122 valence electrons. The van der Waals surface area contributed by atoms with Crippen molar-refractivity contribution < 1.29 is 4.79 Å². The fourth-order valence-corrected chi connectivity index (χ4v) is 2.74. The molecule has 8 heteroatoms. The van der Waals surface area contributed by atoms with E-state index in [4.69, 9.17) is 0 Å². The number of hydrogen-bond donors (Lipinski definition) is 2. The number of H-pyrrole nitrogens is 1. The number of aromatic nitrogens is 4. The van der Waals surface area contributed by atoms with Gasteiger partial charge < -0.3 is 10.2 Å². The summed E-state index contributed by atoms with van der Waals surface area (Å²) in [6.07, 6.45) is 1.50. The fraction of sp³-hybridized carbons (Fsp3) is 0.467. The summed E-state index contributed by atoms with van der Waals surface area (Å²) >= 11 is 0. The van der Waals surface area contributed by atoms with Crippen LogP contribution in [-0.4, -0.2) is 39.0 Å². The van der Waals surface area contributed by atoms with Gasteiger partial charge in [-0.05, 0) is 25.8 Å². The molecule has 2 aromatic rings. The topological polar surface area (TPSA) is 95.9 Å². The van der Waals surface area contributed by atoms with E-state index in [2.05, 4.69) is 25.5 Å². The largest absolute Gasteiger partial charge is 0.355 e. The van der Waals surface area contributed by atoms with Crippen LogP contribution >= 0.6 is 0 Å². The van der Waals surface area contributed by atoms with Gasteiger partial charge in [0, 0.05) is 43.9 Å². The first-order chi connectivity index (χ1) is 11.0. The van der Waals surface area contributed by atoms with E-state index in [-0.39, 0.29) is 17.4 Å². The summed E-state index contributed by atoms with van der Waals surface area (Å²) in [4.78, 5) is 25.8. The van der Waals surface area contributed by atoms with Gasteiger partial charge in [-0.1, -0.05) is 0 Å². The van der Waals surface area contributed by atoms with E-state index in [1.165, 1.54) is 10.7 Å². The van der Waals surface area contributed by atoms with Crippen molar-refractivity contribution in [3.63, 3.8) is 0 Å². The highest BCUT2D eigenvalue weighted by Crippen LogP contribution is 2.22. The van der Waals surface area contributed by atoms with Gasteiger partial charge in [0.25, 0.3) is 5.56 Å². The lowest BCUT2D eigenvalue weighted by Crippen LogP contribution is -2.39. The molecule has 1 saturated heterocycles. The molecular weight excluding hydrogens is 296 g/mol. The monoisotopic (exact) mass is 316 g/mol. The number of amides is 1. The minimum Gasteiger partial charge on any atom is -0.355 e. The van der Waals surface area contributed by atoms with E-state index in [1.807, 2.05) is 6.92 Å². The van der Waals surface area contributed by atoms with E-state index in [0.29, 0.717) is 5.82 Å². The molecule has 3 heterocycles. The predicted molar refractivity (Wildman–Crippen MR) is 86.4 cm³/mol. The van der Waals surface area contributed by atoms with Crippen molar-refractivity contribution in [3.05, 3.63) is 34.2 Å². The average molecular weight is 316 g/mol. The lowest BCUT2D eigenvalue weighted by molar-refractivity contribution is -0.120. The Bertz CT molecular complexity index is 757. The Morgan fingerprint density at radius 2 is 2.09 bits per heavy atom. The van der Waals surface area contributed by atoms with Gasteiger partial charge in [0.15, 0.2) is 5.82 Å². The van der Waals surface area contributed by atoms with Crippen LogP contribution in [0.3, 0.4) is 0 Å². The minimum absolute atomic E-state index is 0.00423. The van der Waals surface area contributed by atoms with Gasteiger partial charge in [-0.15, -0.1) is 0 Å². The lowest BCUT2D eigenvalue weighted by Gasteiger charge is -2.31. The summed E-state index contributed by atoms with van der Waals surface area (Å²) in [5.41, 5.74) is 0.785. The second kappa shape index (κ2) is 6.23. The number of hydrogen-bond acceptors (Lipinski definition) is 5. The highest BCUT2D eigenvalue weighted by molar-refractivity contribution is 5.91. The molecule has 23 heavy (non-hydrogen) atoms. The van der Waals surface area contributed by atoms with Gasteiger partial charge in [0.1, 0.15) is 5.82 Å². The molecule has 2 N–H and O–H groups in total. The molecule has 8 nitrogen and oxygen atoms in total. The summed E-state index contributed by atoms with van der Waals surface area (Å²) in [5, 5.41) is 13.9. The molecular formula is C15H20N6O2. The molecule has 0 radical (unpaired) electrons. The number of aryl methyl sites for hydroxylation is 2. The zero-order valence-electron chi connectivity index (χ0n) is 13.2. The van der Waals surface area contributed by atoms with Gasteiger partial charge in [-0.3, -0.25) is 14.7 Å². The average Bonchev–Trinajstić information content (AvgIpc) is 2.95. The van der Waals surface area contributed by atoms with Crippen molar-refractivity contribution in [1.29, 1.82) is 0 Å². The van der Waals surface area contributed by atoms with E-state index in [1.54, 1.807) is 19.2 Å². The van der Waals surface area contributed by atoms with Crippen molar-refractivity contribution >= 4 is 17.5 Å². The number of carbonyl (C=O) groups is 1. The van der Waals surface area contributed by atoms with Crippen LogP contribution in [0.4, 0.5) is 11.6 Å². The molecule has 1 fully saturated rings. The van der Waals surface area contributed by atoms with E-state index in [0.717, 1.165) is 37.4 Å². The molecule has 0 aromatic carbocycles. The Morgan fingerprint density at radius 1 is 1.35 bits per heavy atom. The third kappa shape index (κ3) is 3.41. The first-order valence-corrected chi connectivity index (χ1v) is 7.65. The fourth-order valence-electron chi connectivity index (χ4n) is 2.74. The van der Waals surface area contributed by atoms with Gasteiger partial charge in [-0.25, -0.2) is 4.68 Å². The number of piperidine rings is 1. The van der Waals surface area contributed by atoms with E-state index < -0.39 is 0 Å². The van der Waals surface area contributed by atoms with Gasteiger partial charge >= 0.3 is 0 Å². The Balaban J connectivity index is 1.58. The number of nitrogens with zero attached hydrogens (tertiary/aromatic N) is 4. The Kier molecular flexibility index (Phi) is 4.14. The summed E-state index contributed by atoms with van der Waals surface area (Å²) in [6, 6.07) is 5.05. The Labute approximate surface area is 133 Å². The third-order valence-corrected chi connectivity index (χ3v) is 4.09. The molecule has 0 spiro atoms. The number of aromatic amines is 1. The SMILES string of the molecule is Cc1cc(NC(=O)C2CCN(c3ccc(=O)n(C)n3)CC2)n[nH]1. The zero-order chi connectivity index (χ0) is 16.4. The van der Waals surface area contributed by atoms with Crippen LogP contribution in [0.15, 0.2) is 23.0 Å². The Hall–Kier alpha value is -2.64. The molecule has 1 amide bonds. The maximum atomic E-state index is 12.3. The lowest BCUT2D eigenvalue weighted by atomic mass is 9.96. The quantitative estimate of drug-likeness (QED) is 0.867. The van der Waals surface area contributed by atoms with Crippen molar-refractivity contribution in [2.45, 2.75) is 19.8 Å². The van der Waals surface area contributed by atoms with Crippen LogP contribution in [0, 0.1) is 12.8 Å². The van der Waals surface area contributed by atoms with Gasteiger partial charge in [0.05, 0.1) is 0 Å². The molecule has 0 unspecified atom stereocenters. The molecule has 0 bridgehead atoms. The van der Waals surface area contributed by atoms with Gasteiger partial charge in [0.2, 0.25) is 5.91 Å². The number of nitrogens with one attached hydrogen (secondary N) is 2. The first-order valence-electron chi connectivity index (χ1n) is 7.65. The van der Waals surface area contributed by atoms with Crippen molar-refractivity contribution in [2.75, 3.05) is 23.3 Å². The third-order valence-electron chi connectivity index (χ3n) is 4.09. The van der Waals surface area contributed by atoms with Crippen LogP contribution in [0.2, 0.25) is 0 Å². The normalized spacial score (nSPS) is 15.7. The van der Waals surface area contributed by atoms with Crippen LogP contribution in [0.5, 0.6) is 0 Å². The minimum atomic E-state index is -0.127. The summed E-state index contributed by atoms with van der Waals surface area (Å²) in [6.45, 7) is 3.37. The molecule has 0 atom stereocenters. The molecule has 1 aliphatic rings. The second-order valence-corrected chi connectivity index (χ2v) is 5.84. The standard InChI is InChI=1S/C15H20N6O2/c1-10-9-12(18-17-10)16-15(23)11-5-7-21(8-6-11)13-3-4-14(22)20(2)19-13/h3-4,9,11H,5-8H2,1-2H3,(H2,16,17,18,23). The smallest absolute Gasteiger partial charge is 0.266 e. The predicted octanol–water partition coefficient (Wildman–Crippen LogP) is 0.667. The van der Waals surface area contributed by atoms with Crippen molar-refractivity contribution in [1.82, 2.24) is 20.0 Å². The maximum Gasteiger partial charge on any atom is 0.266 e. The zero-order valence-corrected chi connectivity index (χ0v) is 13.2. The van der Waals surface area contributed by atoms with Gasteiger partial charge in [-0.2, -0.15) is 10.2 Å². The maximum absolute atomic E-state index is 12.3. The summed E-state index contributed by atoms with van der Waals surface area (Å²) < 4.78 is 1.33. The van der Waals surface area contributed by atoms with E-state index in [9.17, 15) is 9.59 Å². The number of carbonyl (C=O) groups excluding carboxylic acids is 1. The molecule has 2 aromatic heterocycles. The molecule has 3 rings (SSSR count). The van der Waals surface area contributed by atoms with Crippen LogP contribution < -0.4 is 15.8 Å². The van der Waals surface area contributed by atoms with E-state index >= 15 is 0 Å². The number of anilines is 2. The molecule has 0 aliphatic carbocycles. The highest BCUT2D eigenvalue weighted by Gasteiger charge is 2.26. The molecule has 0 saturated carbocycles. The highest BCUT2D eigenvalue weighted by atomic mass is 16.2. The van der Waals surface area contributed by atoms with Crippen LogP contribution in [0.1, 0.15) is 18.5 Å². The van der Waals surface area contributed by atoms with Crippen molar-refractivity contribution in [3.8, 4) is 0 Å². The number of rotatable bonds is 3. The van der Waals surface area contributed by atoms with Crippen LogP contribution in [0.25, 0.3) is 0 Å². The Morgan fingerprint density at radius 3 is 2.70 bits per heavy atom. The summed E-state index contributed by atoms with van der Waals surface area (Å²) in [7, 11) is 1.64. The first kappa shape index (κ1) is 15.3.